The number of pyridine rings is 2. The molecule has 1 aliphatic carbocycles. The molecule has 0 unspecified atom stereocenters. The molecular weight excluding hydrogens is 610 g/mol. The number of aromatic amines is 1. The number of alkyl carbamates (subject to hydrolysis) is 1. The molecule has 14 heteroatoms. The number of carbonyl (C=O) groups is 2. The second-order valence-corrected chi connectivity index (χ2v) is 11.1. The van der Waals surface area contributed by atoms with Gasteiger partial charge in [-0.3, -0.25) is 9.78 Å². The third-order valence-corrected chi connectivity index (χ3v) is 7.88. The van der Waals surface area contributed by atoms with Gasteiger partial charge in [0.25, 0.3) is 5.91 Å². The van der Waals surface area contributed by atoms with Crippen molar-refractivity contribution in [3.05, 3.63) is 95.7 Å². The molecule has 0 saturated heterocycles. The molecule has 242 valence electrons. The summed E-state index contributed by atoms with van der Waals surface area (Å²) in [5.41, 5.74) is 2.56. The zero-order valence-corrected chi connectivity index (χ0v) is 25.4. The number of methoxy groups -OCH3 is 1. The Labute approximate surface area is 268 Å². The molecule has 5 aromatic rings. The first-order valence-electron chi connectivity index (χ1n) is 15.1. The minimum absolute atomic E-state index is 0.0204. The van der Waals surface area contributed by atoms with Crippen LogP contribution >= 0.6 is 0 Å². The molecule has 0 radical (unpaired) electrons. The Morgan fingerprint density at radius 3 is 2.77 bits per heavy atom. The number of fused-ring (bicyclic) bond motifs is 1. The molecule has 47 heavy (non-hydrogen) atoms. The highest BCUT2D eigenvalue weighted by molar-refractivity contribution is 5.93. The lowest BCUT2D eigenvalue weighted by atomic mass is 9.91. The number of hydrogen-bond donors (Lipinski definition) is 4. The van der Waals surface area contributed by atoms with Gasteiger partial charge >= 0.3 is 6.09 Å². The lowest BCUT2D eigenvalue weighted by Crippen LogP contribution is -2.42. The van der Waals surface area contributed by atoms with E-state index in [-0.39, 0.29) is 48.5 Å². The number of hydrogen-bond acceptors (Lipinski definition) is 9. The first kappa shape index (κ1) is 31.3. The molecule has 1 aliphatic rings. The maximum Gasteiger partial charge on any atom is 0.407 e. The summed E-state index contributed by atoms with van der Waals surface area (Å²) in [6.07, 6.45) is 7.47. The molecule has 12 nitrogen and oxygen atoms in total. The number of aromatic nitrogens is 5. The fourth-order valence-electron chi connectivity index (χ4n) is 5.57. The Kier molecular flexibility index (Phi) is 9.46. The SMILES string of the molecule is COc1ccccc1CNC(=O)OCc1ccnc(C(=O)N[C@H]2CCC[C@@H](Nc3nc(-c4c[nH]c5ncc(F)cc45)ncc3F)C2)c1. The van der Waals surface area contributed by atoms with Gasteiger partial charge in [-0.2, -0.15) is 0 Å². The highest BCUT2D eigenvalue weighted by Gasteiger charge is 2.26. The fourth-order valence-corrected chi connectivity index (χ4v) is 5.57. The number of rotatable bonds is 10. The van der Waals surface area contributed by atoms with Crippen molar-refractivity contribution in [2.24, 2.45) is 0 Å². The zero-order valence-electron chi connectivity index (χ0n) is 25.4. The third kappa shape index (κ3) is 7.60. The molecule has 2 amide bonds. The van der Waals surface area contributed by atoms with E-state index in [1.54, 1.807) is 31.5 Å². The molecule has 0 spiro atoms. The van der Waals surface area contributed by atoms with Gasteiger partial charge in [-0.25, -0.2) is 28.5 Å². The lowest BCUT2D eigenvalue weighted by Gasteiger charge is -2.30. The van der Waals surface area contributed by atoms with E-state index >= 15 is 0 Å². The molecule has 4 N–H and O–H groups in total. The van der Waals surface area contributed by atoms with E-state index in [4.69, 9.17) is 9.47 Å². The van der Waals surface area contributed by atoms with Gasteiger partial charge in [0.2, 0.25) is 0 Å². The monoisotopic (exact) mass is 642 g/mol. The van der Waals surface area contributed by atoms with Crippen LogP contribution in [0.3, 0.4) is 0 Å². The predicted molar refractivity (Wildman–Crippen MR) is 168 cm³/mol. The Bertz CT molecular complexity index is 1900. The predicted octanol–water partition coefficient (Wildman–Crippen LogP) is 5.28. The summed E-state index contributed by atoms with van der Waals surface area (Å²) in [7, 11) is 1.56. The van der Waals surface area contributed by atoms with E-state index in [1.165, 1.54) is 12.3 Å². The van der Waals surface area contributed by atoms with Gasteiger partial charge < -0.3 is 30.4 Å². The maximum absolute atomic E-state index is 14.8. The van der Waals surface area contributed by atoms with Crippen LogP contribution in [0.1, 0.15) is 47.3 Å². The van der Waals surface area contributed by atoms with Gasteiger partial charge in [-0.15, -0.1) is 0 Å². The van der Waals surface area contributed by atoms with E-state index in [9.17, 15) is 18.4 Å². The van der Waals surface area contributed by atoms with Crippen LogP contribution in [-0.4, -0.2) is 56.1 Å². The summed E-state index contributed by atoms with van der Waals surface area (Å²) in [4.78, 5) is 45.0. The zero-order chi connectivity index (χ0) is 32.8. The Balaban J connectivity index is 1.03. The smallest absolute Gasteiger partial charge is 0.407 e. The molecule has 0 bridgehead atoms. The van der Waals surface area contributed by atoms with Crippen molar-refractivity contribution in [1.82, 2.24) is 35.6 Å². The van der Waals surface area contributed by atoms with Crippen LogP contribution < -0.4 is 20.7 Å². The number of halogens is 2. The van der Waals surface area contributed by atoms with Gasteiger partial charge in [-0.1, -0.05) is 18.2 Å². The average molecular weight is 643 g/mol. The maximum atomic E-state index is 14.8. The molecule has 2 atom stereocenters. The van der Waals surface area contributed by atoms with E-state index in [2.05, 4.69) is 40.9 Å². The number of para-hydroxylation sites is 1. The summed E-state index contributed by atoms with van der Waals surface area (Å²) >= 11 is 0. The van der Waals surface area contributed by atoms with E-state index in [0.717, 1.165) is 37.2 Å². The van der Waals surface area contributed by atoms with Crippen molar-refractivity contribution in [3.8, 4) is 17.1 Å². The van der Waals surface area contributed by atoms with Crippen LogP contribution in [0.5, 0.6) is 5.75 Å². The number of ether oxygens (including phenoxy) is 2. The summed E-state index contributed by atoms with van der Waals surface area (Å²) in [6, 6.07) is 11.5. The molecule has 1 saturated carbocycles. The van der Waals surface area contributed by atoms with Crippen molar-refractivity contribution in [2.45, 2.75) is 50.9 Å². The first-order valence-corrected chi connectivity index (χ1v) is 15.1. The van der Waals surface area contributed by atoms with Crippen LogP contribution in [0.15, 0.2) is 67.3 Å². The number of anilines is 1. The first-order chi connectivity index (χ1) is 22.9. The Hall–Kier alpha value is -5.66. The number of nitrogens with zero attached hydrogens (tertiary/aromatic N) is 4. The molecule has 4 aromatic heterocycles. The van der Waals surface area contributed by atoms with E-state index in [1.807, 2.05) is 18.2 Å². The minimum atomic E-state index is -0.624. The van der Waals surface area contributed by atoms with Crippen molar-refractivity contribution in [3.63, 3.8) is 0 Å². The number of benzene rings is 1. The topological polar surface area (TPSA) is 156 Å². The second kappa shape index (κ2) is 14.2. The van der Waals surface area contributed by atoms with Crippen molar-refractivity contribution < 1.29 is 27.8 Å². The standard InChI is InChI=1S/C33H32F2N8O4/c1-46-28-8-3-2-5-20(28)14-40-33(45)47-18-19-9-10-36-27(11-19)32(44)42-23-7-4-6-22(13-23)41-31-26(35)17-39-30(43-31)25-16-38-29-24(25)12-21(34)15-37-29/h2-3,5,8-12,15-17,22-23H,4,6-7,13-14,18H2,1H3,(H,37,38)(H,40,45)(H,42,44)(H,39,41,43)/t22-,23+/m1/s1. The van der Waals surface area contributed by atoms with Gasteiger partial charge in [-0.05, 0) is 55.5 Å². The highest BCUT2D eigenvalue weighted by atomic mass is 19.1. The Morgan fingerprint density at radius 2 is 1.89 bits per heavy atom. The summed E-state index contributed by atoms with van der Waals surface area (Å²) < 4.78 is 39.2. The molecule has 0 aliphatic heterocycles. The molecular formula is C33H32F2N8O4. The van der Waals surface area contributed by atoms with Crippen LogP contribution in [-0.2, 0) is 17.9 Å². The molecule has 6 rings (SSSR count). The van der Waals surface area contributed by atoms with Crippen LogP contribution in [0.4, 0.5) is 19.4 Å². The highest BCUT2D eigenvalue weighted by Crippen LogP contribution is 2.28. The average Bonchev–Trinajstić information content (AvgIpc) is 3.51. The van der Waals surface area contributed by atoms with Gasteiger partial charge in [0, 0.05) is 47.5 Å². The minimum Gasteiger partial charge on any atom is -0.496 e. The largest absolute Gasteiger partial charge is 0.496 e. The van der Waals surface area contributed by atoms with Crippen LogP contribution in [0.25, 0.3) is 22.4 Å². The number of nitrogens with one attached hydrogen (secondary N) is 4. The number of amides is 2. The Morgan fingerprint density at radius 1 is 1.04 bits per heavy atom. The molecule has 4 heterocycles. The second-order valence-electron chi connectivity index (χ2n) is 11.1. The number of H-pyrrole nitrogens is 1. The van der Waals surface area contributed by atoms with Crippen LogP contribution in [0, 0.1) is 11.6 Å². The molecule has 1 fully saturated rings. The fraction of sp³-hybridized carbons (Fsp3) is 0.273. The normalized spacial score (nSPS) is 16.0. The summed E-state index contributed by atoms with van der Waals surface area (Å²) in [6.45, 7) is 0.185. The van der Waals surface area contributed by atoms with E-state index < -0.39 is 17.7 Å². The van der Waals surface area contributed by atoms with Crippen molar-refractivity contribution in [2.75, 3.05) is 12.4 Å². The summed E-state index contributed by atoms with van der Waals surface area (Å²) in [5, 5.41) is 9.36. The van der Waals surface area contributed by atoms with Crippen molar-refractivity contribution >= 4 is 28.9 Å². The lowest BCUT2D eigenvalue weighted by molar-refractivity contribution is 0.0921. The molecule has 1 aromatic carbocycles. The van der Waals surface area contributed by atoms with Gasteiger partial charge in [0.1, 0.15) is 29.5 Å². The van der Waals surface area contributed by atoms with Gasteiger partial charge in [0.05, 0.1) is 19.5 Å². The number of carbonyl (C=O) groups excluding carboxylic acids is 2. The van der Waals surface area contributed by atoms with Crippen molar-refractivity contribution in [1.29, 1.82) is 0 Å². The van der Waals surface area contributed by atoms with Crippen LogP contribution in [0.2, 0.25) is 0 Å². The van der Waals surface area contributed by atoms with E-state index in [0.29, 0.717) is 34.3 Å². The van der Waals surface area contributed by atoms with Gasteiger partial charge in [0.15, 0.2) is 17.5 Å². The third-order valence-electron chi connectivity index (χ3n) is 7.88. The summed E-state index contributed by atoms with van der Waals surface area (Å²) in [5.74, 6) is -0.599. The quantitative estimate of drug-likeness (QED) is 0.159.